The van der Waals surface area contributed by atoms with Crippen molar-refractivity contribution in [3.63, 3.8) is 0 Å². The molecule has 0 aliphatic rings. The Labute approximate surface area is 107 Å². The smallest absolute Gasteiger partial charge is 0.135 e. The minimum Gasteiger partial charge on any atom is -0.392 e. The van der Waals surface area contributed by atoms with Crippen LogP contribution in [0.1, 0.15) is 12.5 Å². The van der Waals surface area contributed by atoms with E-state index in [1.54, 1.807) is 0 Å². The minimum atomic E-state index is 0.000804. The molecule has 0 unspecified atom stereocenters. The Kier molecular flexibility index (Phi) is 3.95. The molecule has 0 atom stereocenters. The van der Waals surface area contributed by atoms with Crippen LogP contribution >= 0.6 is 0 Å². The van der Waals surface area contributed by atoms with Crippen LogP contribution in [0.4, 0.5) is 5.82 Å². The highest BCUT2D eigenvalue weighted by Crippen LogP contribution is 2.23. The lowest BCUT2D eigenvalue weighted by molar-refractivity contribution is 0.282. The number of likely N-dealkylation sites (N-methyl/N-ethyl adjacent to an activating group) is 1. The zero-order valence-corrected chi connectivity index (χ0v) is 10.6. The second kappa shape index (κ2) is 5.65. The molecule has 3 nitrogen and oxygen atoms in total. The summed E-state index contributed by atoms with van der Waals surface area (Å²) in [5, 5.41) is 10.6. The van der Waals surface area contributed by atoms with E-state index in [1.165, 1.54) is 0 Å². The molecule has 0 radical (unpaired) electrons. The van der Waals surface area contributed by atoms with E-state index in [1.807, 2.05) is 36.4 Å². The van der Waals surface area contributed by atoms with Gasteiger partial charge in [0.15, 0.2) is 0 Å². The van der Waals surface area contributed by atoms with Gasteiger partial charge in [-0.1, -0.05) is 24.3 Å². The van der Waals surface area contributed by atoms with Crippen molar-refractivity contribution in [2.24, 2.45) is 0 Å². The number of nitrogens with zero attached hydrogens (tertiary/aromatic N) is 2. The first-order valence-electron chi connectivity index (χ1n) is 6.15. The van der Waals surface area contributed by atoms with Crippen LogP contribution in [-0.2, 0) is 6.61 Å². The Morgan fingerprint density at radius 3 is 2.83 bits per heavy atom. The number of para-hydroxylation sites is 1. The van der Waals surface area contributed by atoms with E-state index < -0.39 is 0 Å². The Morgan fingerprint density at radius 2 is 2.17 bits per heavy atom. The van der Waals surface area contributed by atoms with Gasteiger partial charge < -0.3 is 10.0 Å². The average Bonchev–Trinajstić information content (AvgIpc) is 2.43. The maximum atomic E-state index is 9.50. The molecule has 0 aliphatic heterocycles. The van der Waals surface area contributed by atoms with Gasteiger partial charge in [-0.25, -0.2) is 4.98 Å². The number of hydrogen-bond donors (Lipinski definition) is 1. The van der Waals surface area contributed by atoms with Gasteiger partial charge >= 0.3 is 0 Å². The molecule has 94 valence electrons. The fraction of sp³-hybridized carbons (Fsp3) is 0.267. The van der Waals surface area contributed by atoms with Gasteiger partial charge in [0.25, 0.3) is 0 Å². The second-order valence-corrected chi connectivity index (χ2v) is 4.15. The SMILES string of the molecule is C=CCN(CC)c1nc2ccccc2cc1CO. The fourth-order valence-corrected chi connectivity index (χ4v) is 2.06. The van der Waals surface area contributed by atoms with Crippen LogP contribution in [0.3, 0.4) is 0 Å². The summed E-state index contributed by atoms with van der Waals surface area (Å²) in [4.78, 5) is 6.76. The van der Waals surface area contributed by atoms with Crippen LogP contribution in [0.25, 0.3) is 10.9 Å². The van der Waals surface area contributed by atoms with Crippen molar-refractivity contribution in [2.45, 2.75) is 13.5 Å². The number of aliphatic hydroxyl groups is 1. The predicted octanol–water partition coefficient (Wildman–Crippen LogP) is 2.74. The van der Waals surface area contributed by atoms with E-state index in [-0.39, 0.29) is 6.61 Å². The summed E-state index contributed by atoms with van der Waals surface area (Å²) >= 11 is 0. The van der Waals surface area contributed by atoms with Crippen LogP contribution in [0, 0.1) is 0 Å². The summed E-state index contributed by atoms with van der Waals surface area (Å²) in [5.41, 5.74) is 1.81. The van der Waals surface area contributed by atoms with Crippen LogP contribution < -0.4 is 4.90 Å². The lowest BCUT2D eigenvalue weighted by atomic mass is 10.1. The van der Waals surface area contributed by atoms with Gasteiger partial charge in [0.1, 0.15) is 5.82 Å². The standard InChI is InChI=1S/C15H18N2O/c1-3-9-17(4-2)15-13(11-18)10-12-7-5-6-8-14(12)16-15/h3,5-8,10,18H,1,4,9,11H2,2H3. The molecule has 0 amide bonds. The molecule has 3 heteroatoms. The summed E-state index contributed by atoms with van der Waals surface area (Å²) in [7, 11) is 0. The molecule has 1 aromatic carbocycles. The number of rotatable bonds is 5. The Balaban J connectivity index is 2.56. The molecule has 1 N–H and O–H groups in total. The van der Waals surface area contributed by atoms with Crippen molar-refractivity contribution in [1.29, 1.82) is 0 Å². The third-order valence-corrected chi connectivity index (χ3v) is 2.98. The van der Waals surface area contributed by atoms with Gasteiger partial charge in [-0.2, -0.15) is 0 Å². The number of hydrogen-bond acceptors (Lipinski definition) is 3. The highest BCUT2D eigenvalue weighted by atomic mass is 16.3. The quantitative estimate of drug-likeness (QED) is 0.819. The number of pyridine rings is 1. The molecule has 2 rings (SSSR count). The molecule has 0 bridgehead atoms. The van der Waals surface area contributed by atoms with Crippen LogP contribution in [-0.4, -0.2) is 23.2 Å². The van der Waals surface area contributed by atoms with E-state index in [0.717, 1.165) is 35.4 Å². The number of anilines is 1. The van der Waals surface area contributed by atoms with Crippen molar-refractivity contribution in [1.82, 2.24) is 4.98 Å². The normalized spacial score (nSPS) is 10.6. The van der Waals surface area contributed by atoms with Gasteiger partial charge in [0.05, 0.1) is 12.1 Å². The first-order chi connectivity index (χ1) is 8.80. The maximum absolute atomic E-state index is 9.50. The van der Waals surface area contributed by atoms with Gasteiger partial charge in [-0.05, 0) is 19.1 Å². The first-order valence-corrected chi connectivity index (χ1v) is 6.15. The lowest BCUT2D eigenvalue weighted by Gasteiger charge is -2.23. The zero-order valence-electron chi connectivity index (χ0n) is 10.6. The Hall–Kier alpha value is -1.87. The predicted molar refractivity (Wildman–Crippen MR) is 75.7 cm³/mol. The van der Waals surface area contributed by atoms with Gasteiger partial charge in [-0.15, -0.1) is 6.58 Å². The molecule has 0 saturated heterocycles. The number of fused-ring (bicyclic) bond motifs is 1. The van der Waals surface area contributed by atoms with Gasteiger partial charge in [0, 0.05) is 24.0 Å². The van der Waals surface area contributed by atoms with Crippen molar-refractivity contribution >= 4 is 16.7 Å². The Bertz CT molecular complexity index is 551. The highest BCUT2D eigenvalue weighted by molar-refractivity contribution is 5.81. The van der Waals surface area contributed by atoms with Crippen molar-refractivity contribution < 1.29 is 5.11 Å². The summed E-state index contributed by atoms with van der Waals surface area (Å²) in [6.45, 7) is 7.40. The number of benzene rings is 1. The van der Waals surface area contributed by atoms with Crippen LogP contribution in [0.15, 0.2) is 43.0 Å². The molecule has 18 heavy (non-hydrogen) atoms. The van der Waals surface area contributed by atoms with E-state index in [4.69, 9.17) is 0 Å². The largest absolute Gasteiger partial charge is 0.392 e. The van der Waals surface area contributed by atoms with E-state index in [9.17, 15) is 5.11 Å². The molecule has 1 aromatic heterocycles. The van der Waals surface area contributed by atoms with E-state index in [0.29, 0.717) is 0 Å². The molecule has 0 spiro atoms. The fourth-order valence-electron chi connectivity index (χ4n) is 2.06. The molecule has 0 fully saturated rings. The third-order valence-electron chi connectivity index (χ3n) is 2.98. The van der Waals surface area contributed by atoms with Gasteiger partial charge in [-0.3, -0.25) is 0 Å². The zero-order chi connectivity index (χ0) is 13.0. The van der Waals surface area contributed by atoms with Crippen molar-refractivity contribution in [2.75, 3.05) is 18.0 Å². The van der Waals surface area contributed by atoms with Crippen LogP contribution in [0.5, 0.6) is 0 Å². The van der Waals surface area contributed by atoms with Gasteiger partial charge in [0.2, 0.25) is 0 Å². The first kappa shape index (κ1) is 12.6. The summed E-state index contributed by atoms with van der Waals surface area (Å²) < 4.78 is 0. The van der Waals surface area contributed by atoms with Crippen molar-refractivity contribution in [3.05, 3.63) is 48.6 Å². The molecule has 0 saturated carbocycles. The highest BCUT2D eigenvalue weighted by Gasteiger charge is 2.11. The van der Waals surface area contributed by atoms with E-state index >= 15 is 0 Å². The molecule has 1 heterocycles. The number of aliphatic hydroxyl groups excluding tert-OH is 1. The molecule has 0 aliphatic carbocycles. The van der Waals surface area contributed by atoms with E-state index in [2.05, 4.69) is 23.4 Å². The summed E-state index contributed by atoms with van der Waals surface area (Å²) in [5.74, 6) is 0.846. The lowest BCUT2D eigenvalue weighted by Crippen LogP contribution is -2.25. The summed E-state index contributed by atoms with van der Waals surface area (Å²) in [6.07, 6.45) is 1.85. The molecular weight excluding hydrogens is 224 g/mol. The monoisotopic (exact) mass is 242 g/mol. The minimum absolute atomic E-state index is 0.000804. The van der Waals surface area contributed by atoms with Crippen molar-refractivity contribution in [3.8, 4) is 0 Å². The molecular formula is C15H18N2O. The topological polar surface area (TPSA) is 36.4 Å². The second-order valence-electron chi connectivity index (χ2n) is 4.15. The third kappa shape index (κ3) is 2.36. The average molecular weight is 242 g/mol. The maximum Gasteiger partial charge on any atom is 0.135 e. The summed E-state index contributed by atoms with van der Waals surface area (Å²) in [6, 6.07) is 9.95. The molecule has 2 aromatic rings. The number of aromatic nitrogens is 1. The Morgan fingerprint density at radius 1 is 1.39 bits per heavy atom. The van der Waals surface area contributed by atoms with Crippen LogP contribution in [0.2, 0.25) is 0 Å².